The second kappa shape index (κ2) is 18.4. The summed E-state index contributed by atoms with van der Waals surface area (Å²) >= 11 is 0. The lowest BCUT2D eigenvalue weighted by Crippen LogP contribution is -2.18. The number of hydrogen-bond donors (Lipinski definition) is 2. The van der Waals surface area contributed by atoms with Gasteiger partial charge in [-0.05, 0) is 141 Å². The van der Waals surface area contributed by atoms with E-state index < -0.39 is 0 Å². The minimum atomic E-state index is 0.440. The molecule has 3 N–H and O–H groups in total. The molecule has 1 fully saturated rings. The quantitative estimate of drug-likeness (QED) is 0.0577. The van der Waals surface area contributed by atoms with Gasteiger partial charge in [0.05, 0.1) is 22.1 Å². The summed E-state index contributed by atoms with van der Waals surface area (Å²) in [6.45, 7) is 10.5. The van der Waals surface area contributed by atoms with Crippen LogP contribution in [-0.2, 0) is 0 Å². The molecule has 3 heterocycles. The maximum absolute atomic E-state index is 6.18. The smallest absolute Gasteiger partial charge is 0.0542 e. The summed E-state index contributed by atoms with van der Waals surface area (Å²) < 4.78 is 4.81. The van der Waals surface area contributed by atoms with Gasteiger partial charge in [0.15, 0.2) is 0 Å². The van der Waals surface area contributed by atoms with Gasteiger partial charge in [-0.2, -0.15) is 0 Å². The molecule has 322 valence electrons. The van der Waals surface area contributed by atoms with Gasteiger partial charge in [-0.25, -0.2) is 0 Å². The van der Waals surface area contributed by atoms with Gasteiger partial charge in [0.25, 0.3) is 0 Å². The molecule has 0 spiro atoms. The van der Waals surface area contributed by atoms with Crippen LogP contribution >= 0.6 is 0 Å². The van der Waals surface area contributed by atoms with Gasteiger partial charge in [-0.1, -0.05) is 97.1 Å². The summed E-state index contributed by atoms with van der Waals surface area (Å²) in [7, 11) is 0. The Bertz CT molecular complexity index is 3230. The van der Waals surface area contributed by atoms with Crippen molar-refractivity contribution in [1.29, 1.82) is 0 Å². The first kappa shape index (κ1) is 41.6. The number of nitrogens with one attached hydrogen (secondary N) is 1. The van der Waals surface area contributed by atoms with Crippen LogP contribution in [0.15, 0.2) is 206 Å². The molecule has 1 aliphatic heterocycles. The van der Waals surface area contributed by atoms with Crippen LogP contribution in [0.2, 0.25) is 0 Å². The van der Waals surface area contributed by atoms with Crippen LogP contribution in [0.25, 0.3) is 55.0 Å². The highest BCUT2D eigenvalue weighted by atomic mass is 15.2. The number of rotatable bonds is 16. The number of para-hydroxylation sites is 3. The Kier molecular flexibility index (Phi) is 11.8. The van der Waals surface area contributed by atoms with Crippen molar-refractivity contribution in [2.75, 3.05) is 29.4 Å². The van der Waals surface area contributed by atoms with Crippen LogP contribution in [-0.4, -0.2) is 28.8 Å². The Balaban J connectivity index is 1.08. The largest absolute Gasteiger partial charge is 0.341 e. The van der Waals surface area contributed by atoms with Gasteiger partial charge in [-0.3, -0.25) is 0 Å². The molecule has 2 aromatic heterocycles. The molecule has 0 aliphatic carbocycles. The maximum atomic E-state index is 6.18. The van der Waals surface area contributed by atoms with Crippen LogP contribution in [0.4, 0.5) is 28.4 Å². The Hall–Kier alpha value is -7.38. The Labute approximate surface area is 382 Å². The first-order chi connectivity index (χ1) is 32.1. The third-order valence-electron chi connectivity index (χ3n) is 12.9. The second-order valence-electron chi connectivity index (χ2n) is 16.9. The van der Waals surface area contributed by atoms with E-state index >= 15 is 0 Å². The van der Waals surface area contributed by atoms with Crippen molar-refractivity contribution >= 4 is 77.7 Å². The maximum Gasteiger partial charge on any atom is 0.0542 e. The molecule has 1 unspecified atom stereocenters. The van der Waals surface area contributed by atoms with E-state index in [2.05, 4.69) is 226 Å². The highest BCUT2D eigenvalue weighted by Crippen LogP contribution is 2.42. The lowest BCUT2D eigenvalue weighted by Gasteiger charge is -2.28. The van der Waals surface area contributed by atoms with Crippen molar-refractivity contribution in [1.82, 2.24) is 14.5 Å². The minimum Gasteiger partial charge on any atom is -0.341 e. The summed E-state index contributed by atoms with van der Waals surface area (Å²) in [5.74, 6) is 0. The number of nitrogens with zero attached hydrogens (tertiary/aromatic N) is 4. The molecule has 0 saturated carbocycles. The molecule has 0 bridgehead atoms. The average Bonchev–Trinajstić information content (AvgIpc) is 4.09. The van der Waals surface area contributed by atoms with E-state index in [-0.39, 0.29) is 0 Å². The summed E-state index contributed by atoms with van der Waals surface area (Å²) in [4.78, 5) is 4.85. The fourth-order valence-corrected chi connectivity index (χ4v) is 9.63. The highest BCUT2D eigenvalue weighted by molar-refractivity contribution is 6.12. The summed E-state index contributed by atoms with van der Waals surface area (Å²) in [6.07, 6.45) is 13.4. The number of benzene rings is 7. The molecule has 1 saturated heterocycles. The van der Waals surface area contributed by atoms with Crippen molar-refractivity contribution < 1.29 is 0 Å². The van der Waals surface area contributed by atoms with Gasteiger partial charge in [0, 0.05) is 87.0 Å². The zero-order valence-electron chi connectivity index (χ0n) is 37.4. The van der Waals surface area contributed by atoms with Crippen molar-refractivity contribution in [3.05, 3.63) is 212 Å². The van der Waals surface area contributed by atoms with E-state index in [1.807, 2.05) is 13.0 Å². The Morgan fingerprint density at radius 2 is 1.22 bits per heavy atom. The Morgan fingerprint density at radius 3 is 1.91 bits per heavy atom. The summed E-state index contributed by atoms with van der Waals surface area (Å²) in [6, 6.07) is 60.7. The monoisotopic (exact) mass is 848 g/mol. The highest BCUT2D eigenvalue weighted by Gasteiger charge is 2.24. The SMILES string of the molecule is C=CCC/C(=C\C)n1c2ccccc2c2cc(N(CC/C=C(\C=C/C)CN)c3ccc(N(c4ccc(C5CN5)cc4)c4ccc5c(c4)c4ccccc4n5-c4ccccc4)cc3)ccc21. The van der Waals surface area contributed by atoms with Crippen LogP contribution in [0.5, 0.6) is 0 Å². The van der Waals surface area contributed by atoms with Crippen LogP contribution in [0.1, 0.15) is 44.7 Å². The molecular formula is C59H56N6. The van der Waals surface area contributed by atoms with E-state index in [1.54, 1.807) is 0 Å². The van der Waals surface area contributed by atoms with Gasteiger partial charge in [0.2, 0.25) is 0 Å². The van der Waals surface area contributed by atoms with E-state index in [0.717, 1.165) is 72.0 Å². The topological polar surface area (TPSA) is 64.3 Å². The van der Waals surface area contributed by atoms with Crippen molar-refractivity contribution in [3.63, 3.8) is 0 Å². The van der Waals surface area contributed by atoms with Crippen molar-refractivity contribution in [2.45, 2.75) is 39.2 Å². The molecule has 1 aliphatic rings. The first-order valence-electron chi connectivity index (χ1n) is 23.0. The van der Waals surface area contributed by atoms with Gasteiger partial charge < -0.3 is 30.0 Å². The molecule has 6 heteroatoms. The lowest BCUT2D eigenvalue weighted by molar-refractivity contribution is 0.933. The van der Waals surface area contributed by atoms with Crippen LogP contribution in [0, 0.1) is 0 Å². The predicted molar refractivity (Wildman–Crippen MR) is 279 cm³/mol. The number of fused-ring (bicyclic) bond motifs is 6. The molecule has 0 radical (unpaired) electrons. The van der Waals surface area contributed by atoms with Crippen LogP contribution < -0.4 is 20.9 Å². The summed E-state index contributed by atoms with van der Waals surface area (Å²) in [5.41, 5.74) is 21.5. The third-order valence-corrected chi connectivity index (χ3v) is 12.9. The standard InChI is InChI=1S/C59H56N6/c1-4-7-18-44(6-3)64-56-23-13-11-21-51(56)53-38-49(33-35-58(53)64)62(37-15-17-42(40-60)16-5-2)45-29-31-48(32-30-45)63(47-27-25-43(26-28-47)55-41-61-55)50-34-36-59-54(39-50)52-22-12-14-24-57(52)65(59)46-19-9-8-10-20-46/h4-6,8-14,16-17,19-36,38-39,55,61H,1,7,15,18,37,40-41,60H2,2-3H3/b16-5-,42-17+,44-6+. The van der Waals surface area contributed by atoms with E-state index in [1.165, 1.54) is 54.9 Å². The number of anilines is 5. The fraction of sp³-hybridized carbons (Fsp3) is 0.153. The normalized spacial score (nSPS) is 14.3. The number of nitrogens with two attached hydrogens (primary N) is 1. The lowest BCUT2D eigenvalue weighted by atomic mass is 10.1. The number of hydrogen-bond acceptors (Lipinski definition) is 4. The average molecular weight is 849 g/mol. The molecule has 65 heavy (non-hydrogen) atoms. The zero-order valence-corrected chi connectivity index (χ0v) is 37.4. The van der Waals surface area contributed by atoms with E-state index in [9.17, 15) is 0 Å². The van der Waals surface area contributed by atoms with Gasteiger partial charge in [-0.15, -0.1) is 6.58 Å². The molecule has 9 aromatic rings. The fourth-order valence-electron chi connectivity index (χ4n) is 9.63. The first-order valence-corrected chi connectivity index (χ1v) is 23.0. The molecular weight excluding hydrogens is 793 g/mol. The summed E-state index contributed by atoms with van der Waals surface area (Å²) in [5, 5.41) is 8.41. The molecule has 7 aromatic carbocycles. The van der Waals surface area contributed by atoms with Crippen molar-refractivity contribution in [3.8, 4) is 5.69 Å². The molecule has 1 atom stereocenters. The number of aromatic nitrogens is 2. The third kappa shape index (κ3) is 8.08. The van der Waals surface area contributed by atoms with Gasteiger partial charge in [0.1, 0.15) is 0 Å². The van der Waals surface area contributed by atoms with E-state index in [4.69, 9.17) is 5.73 Å². The van der Waals surface area contributed by atoms with Crippen molar-refractivity contribution in [2.24, 2.45) is 5.73 Å². The molecule has 0 amide bonds. The minimum absolute atomic E-state index is 0.440. The Morgan fingerprint density at radius 1 is 0.646 bits per heavy atom. The second-order valence-corrected chi connectivity index (χ2v) is 16.9. The number of allylic oxidation sites excluding steroid dienone is 4. The predicted octanol–water partition coefficient (Wildman–Crippen LogP) is 14.8. The molecule has 10 rings (SSSR count). The van der Waals surface area contributed by atoms with Crippen LogP contribution in [0.3, 0.4) is 0 Å². The van der Waals surface area contributed by atoms with Gasteiger partial charge >= 0.3 is 0 Å². The van der Waals surface area contributed by atoms with E-state index in [0.29, 0.717) is 12.6 Å². The zero-order chi connectivity index (χ0) is 44.3. The molecule has 6 nitrogen and oxygen atoms in total.